The van der Waals surface area contributed by atoms with Crippen LogP contribution in [0.1, 0.15) is 50.3 Å². The number of fused-ring (bicyclic) bond motifs is 1. The maximum atomic E-state index is 13.3. The summed E-state index contributed by atoms with van der Waals surface area (Å²) in [7, 11) is 0. The molecule has 1 unspecified atom stereocenters. The van der Waals surface area contributed by atoms with Crippen LogP contribution in [0.25, 0.3) is 10.9 Å². The number of alkyl halides is 3. The van der Waals surface area contributed by atoms with Crippen LogP contribution in [-0.2, 0) is 11.0 Å². The summed E-state index contributed by atoms with van der Waals surface area (Å²) in [5.74, 6) is 0.986. The highest BCUT2D eigenvalue weighted by Crippen LogP contribution is 2.34. The minimum absolute atomic E-state index is 0.0161. The summed E-state index contributed by atoms with van der Waals surface area (Å²) in [5, 5.41) is 6.47. The molecule has 0 saturated carbocycles. The van der Waals surface area contributed by atoms with E-state index in [1.54, 1.807) is 20.0 Å². The maximum absolute atomic E-state index is 13.3. The Balaban J connectivity index is 1.74. The van der Waals surface area contributed by atoms with Gasteiger partial charge in [0.2, 0.25) is 11.9 Å². The first-order chi connectivity index (χ1) is 16.1. The smallest absolute Gasteiger partial charge is 0.399 e. The number of anilines is 4. The van der Waals surface area contributed by atoms with Gasteiger partial charge in [-0.25, -0.2) is 9.97 Å². The van der Waals surface area contributed by atoms with E-state index in [2.05, 4.69) is 30.5 Å². The van der Waals surface area contributed by atoms with Crippen LogP contribution >= 0.6 is 0 Å². The minimum atomic E-state index is -4.51. The number of nitrogens with one attached hydrogen (secondary N) is 2. The summed E-state index contributed by atoms with van der Waals surface area (Å²) in [6, 6.07) is 4.76. The lowest BCUT2D eigenvalue weighted by molar-refractivity contribution is -0.137. The van der Waals surface area contributed by atoms with Gasteiger partial charge in [0.25, 0.3) is 0 Å². The zero-order valence-corrected chi connectivity index (χ0v) is 18.9. The SMILES string of the molecule is CCC(=O)Nc1nc(NC(C)c2cc(N)cc(C(F)(F)F)c2)c2cc(N3CCCC3)ncc2n1. The van der Waals surface area contributed by atoms with Gasteiger partial charge in [-0.15, -0.1) is 0 Å². The van der Waals surface area contributed by atoms with Crippen molar-refractivity contribution < 1.29 is 18.0 Å². The summed E-state index contributed by atoms with van der Waals surface area (Å²) >= 11 is 0. The fourth-order valence-electron chi connectivity index (χ4n) is 3.90. The average Bonchev–Trinajstić information content (AvgIpc) is 3.32. The largest absolute Gasteiger partial charge is 0.416 e. The molecule has 180 valence electrons. The molecule has 4 rings (SSSR count). The number of rotatable bonds is 6. The molecule has 1 amide bonds. The van der Waals surface area contributed by atoms with Gasteiger partial charge in [0.1, 0.15) is 11.6 Å². The van der Waals surface area contributed by atoms with Crippen LogP contribution in [0.2, 0.25) is 0 Å². The fourth-order valence-corrected chi connectivity index (χ4v) is 3.90. The average molecular weight is 474 g/mol. The third kappa shape index (κ3) is 5.13. The van der Waals surface area contributed by atoms with E-state index in [4.69, 9.17) is 5.73 Å². The number of hydrogen-bond donors (Lipinski definition) is 3. The molecule has 0 radical (unpaired) electrons. The maximum Gasteiger partial charge on any atom is 0.416 e. The number of nitrogen functional groups attached to an aromatic ring is 1. The fraction of sp³-hybridized carbons (Fsp3) is 0.391. The first-order valence-corrected chi connectivity index (χ1v) is 11.1. The molecule has 4 N–H and O–H groups in total. The zero-order chi connectivity index (χ0) is 24.5. The predicted molar refractivity (Wildman–Crippen MR) is 126 cm³/mol. The van der Waals surface area contributed by atoms with Crippen LogP contribution in [0.5, 0.6) is 0 Å². The van der Waals surface area contributed by atoms with E-state index < -0.39 is 17.8 Å². The highest BCUT2D eigenvalue weighted by Gasteiger charge is 2.31. The number of carbonyl (C=O) groups is 1. The molecule has 2 aromatic heterocycles. The van der Waals surface area contributed by atoms with Gasteiger partial charge in [0, 0.05) is 30.6 Å². The summed E-state index contributed by atoms with van der Waals surface area (Å²) in [4.78, 5) is 27.4. The van der Waals surface area contributed by atoms with Crippen molar-refractivity contribution in [2.24, 2.45) is 0 Å². The Morgan fingerprint density at radius 1 is 1.18 bits per heavy atom. The quantitative estimate of drug-likeness (QED) is 0.444. The van der Waals surface area contributed by atoms with Gasteiger partial charge in [0.15, 0.2) is 0 Å². The Kier molecular flexibility index (Phi) is 6.45. The van der Waals surface area contributed by atoms with Crippen molar-refractivity contribution >= 4 is 40.1 Å². The monoisotopic (exact) mass is 473 g/mol. The van der Waals surface area contributed by atoms with E-state index in [1.807, 2.05) is 6.07 Å². The highest BCUT2D eigenvalue weighted by atomic mass is 19.4. The van der Waals surface area contributed by atoms with Crippen molar-refractivity contribution in [1.29, 1.82) is 0 Å². The lowest BCUT2D eigenvalue weighted by atomic mass is 10.0. The van der Waals surface area contributed by atoms with E-state index in [0.717, 1.165) is 43.9 Å². The first-order valence-electron chi connectivity index (χ1n) is 11.1. The molecular formula is C23H26F3N7O. The highest BCUT2D eigenvalue weighted by molar-refractivity contribution is 5.94. The third-order valence-corrected chi connectivity index (χ3v) is 5.73. The van der Waals surface area contributed by atoms with Crippen LogP contribution in [-0.4, -0.2) is 33.9 Å². The molecule has 0 spiro atoms. The number of nitrogens with zero attached hydrogens (tertiary/aromatic N) is 4. The van der Waals surface area contributed by atoms with E-state index >= 15 is 0 Å². The number of nitrogens with two attached hydrogens (primary N) is 1. The Hall–Kier alpha value is -3.63. The van der Waals surface area contributed by atoms with Crippen molar-refractivity contribution in [3.8, 4) is 0 Å². The van der Waals surface area contributed by atoms with Gasteiger partial charge >= 0.3 is 6.18 Å². The normalized spacial score (nSPS) is 14.9. The predicted octanol–water partition coefficient (Wildman–Crippen LogP) is 4.75. The molecule has 3 aromatic rings. The summed E-state index contributed by atoms with van der Waals surface area (Å²) in [6.45, 7) is 5.22. The number of halogens is 3. The van der Waals surface area contributed by atoms with Crippen molar-refractivity contribution in [2.75, 3.05) is 34.4 Å². The van der Waals surface area contributed by atoms with Crippen molar-refractivity contribution in [3.63, 3.8) is 0 Å². The lowest BCUT2D eigenvalue weighted by Gasteiger charge is -2.20. The van der Waals surface area contributed by atoms with Gasteiger partial charge in [-0.05, 0) is 49.6 Å². The molecular weight excluding hydrogens is 447 g/mol. The molecule has 0 aliphatic carbocycles. The van der Waals surface area contributed by atoms with Crippen LogP contribution in [0.15, 0.2) is 30.5 Å². The Morgan fingerprint density at radius 3 is 2.59 bits per heavy atom. The van der Waals surface area contributed by atoms with Gasteiger partial charge in [-0.2, -0.15) is 18.2 Å². The molecule has 1 atom stereocenters. The van der Waals surface area contributed by atoms with Crippen LogP contribution < -0.4 is 21.3 Å². The molecule has 1 aliphatic rings. The number of pyridine rings is 1. The summed E-state index contributed by atoms with van der Waals surface area (Å²) in [6.07, 6.45) is -0.491. The van der Waals surface area contributed by atoms with Gasteiger partial charge < -0.3 is 16.0 Å². The summed E-state index contributed by atoms with van der Waals surface area (Å²) < 4.78 is 39.9. The number of carbonyl (C=O) groups excluding carboxylic acids is 1. The third-order valence-electron chi connectivity index (χ3n) is 5.73. The molecule has 34 heavy (non-hydrogen) atoms. The molecule has 11 heteroatoms. The molecule has 1 saturated heterocycles. The van der Waals surface area contributed by atoms with E-state index in [1.165, 1.54) is 6.07 Å². The standard InChI is InChI=1S/C23H26F3N7O/c1-3-20(34)31-22-30-18-12-28-19(33-6-4-5-7-33)11-17(18)21(32-22)29-13(2)14-8-15(23(24,25)26)10-16(27)9-14/h8-13H,3-7,27H2,1-2H3,(H2,29,30,31,32,34). The molecule has 3 heterocycles. The number of amides is 1. The van der Waals surface area contributed by atoms with E-state index in [0.29, 0.717) is 22.3 Å². The molecule has 0 bridgehead atoms. The van der Waals surface area contributed by atoms with Crippen molar-refractivity contribution in [3.05, 3.63) is 41.6 Å². The molecule has 1 fully saturated rings. The molecule has 1 aromatic carbocycles. The van der Waals surface area contributed by atoms with Crippen molar-refractivity contribution in [1.82, 2.24) is 15.0 Å². The summed E-state index contributed by atoms with van der Waals surface area (Å²) in [5.41, 5.74) is 5.80. The minimum Gasteiger partial charge on any atom is -0.399 e. The Morgan fingerprint density at radius 2 is 1.91 bits per heavy atom. The molecule has 1 aliphatic heterocycles. The van der Waals surface area contributed by atoms with Crippen LogP contribution in [0.4, 0.5) is 36.4 Å². The zero-order valence-electron chi connectivity index (χ0n) is 18.9. The van der Waals surface area contributed by atoms with E-state index in [9.17, 15) is 18.0 Å². The first kappa shape index (κ1) is 23.5. The van der Waals surface area contributed by atoms with Crippen molar-refractivity contribution in [2.45, 2.75) is 45.3 Å². The van der Waals surface area contributed by atoms with Gasteiger partial charge in [0.05, 0.1) is 23.3 Å². The van der Waals surface area contributed by atoms with Gasteiger partial charge in [-0.3, -0.25) is 10.1 Å². The van der Waals surface area contributed by atoms with Gasteiger partial charge in [-0.1, -0.05) is 6.92 Å². The number of hydrogen-bond acceptors (Lipinski definition) is 7. The topological polar surface area (TPSA) is 109 Å². The number of benzene rings is 1. The Labute approximate surface area is 194 Å². The van der Waals surface area contributed by atoms with Crippen LogP contribution in [0.3, 0.4) is 0 Å². The lowest BCUT2D eigenvalue weighted by Crippen LogP contribution is -2.19. The second-order valence-electron chi connectivity index (χ2n) is 8.30. The van der Waals surface area contributed by atoms with E-state index in [-0.39, 0.29) is 24.0 Å². The number of aromatic nitrogens is 3. The van der Waals surface area contributed by atoms with Crippen LogP contribution in [0, 0.1) is 0 Å². The second-order valence-corrected chi connectivity index (χ2v) is 8.30. The molecule has 8 nitrogen and oxygen atoms in total. The second kappa shape index (κ2) is 9.32. The Bertz CT molecular complexity index is 1210.